The molecule has 0 aromatic carbocycles. The number of methoxy groups -OCH3 is 1. The number of hydrogen-bond donors (Lipinski definition) is 1. The van der Waals surface area contributed by atoms with Gasteiger partial charge in [0.25, 0.3) is 0 Å². The normalized spacial score (nSPS) is 16.7. The first-order valence-corrected chi connectivity index (χ1v) is 6.91. The molecule has 1 aromatic rings. The molecule has 1 saturated carbocycles. The molecule has 100 valence electrons. The van der Waals surface area contributed by atoms with Crippen molar-refractivity contribution in [3.63, 3.8) is 0 Å². The van der Waals surface area contributed by atoms with Crippen molar-refractivity contribution < 1.29 is 4.74 Å². The third kappa shape index (κ3) is 2.78. The van der Waals surface area contributed by atoms with E-state index in [-0.39, 0.29) is 0 Å². The average molecular weight is 269 g/mol. The summed E-state index contributed by atoms with van der Waals surface area (Å²) in [7, 11) is 1.71. The minimum atomic E-state index is 0.351. The van der Waals surface area contributed by atoms with Crippen molar-refractivity contribution in [2.24, 2.45) is 5.41 Å². The summed E-state index contributed by atoms with van der Waals surface area (Å²) >= 11 is 5.96. The second-order valence-electron chi connectivity index (χ2n) is 5.28. The molecule has 0 amide bonds. The van der Waals surface area contributed by atoms with Gasteiger partial charge in [0.05, 0.1) is 12.8 Å². The van der Waals surface area contributed by atoms with Gasteiger partial charge in [-0.15, -0.1) is 11.6 Å². The Kier molecular flexibility index (Phi) is 4.13. The molecule has 4 heteroatoms. The SMILES string of the molecule is COc1c(C)cnc(CNCC2(CCl)CC2)c1C. The molecule has 1 fully saturated rings. The Morgan fingerprint density at radius 2 is 2.17 bits per heavy atom. The highest BCUT2D eigenvalue weighted by Gasteiger charge is 2.41. The van der Waals surface area contributed by atoms with Crippen LogP contribution in [0.15, 0.2) is 6.20 Å². The Bertz CT molecular complexity index is 430. The zero-order valence-corrected chi connectivity index (χ0v) is 12.1. The van der Waals surface area contributed by atoms with Crippen LogP contribution in [0.4, 0.5) is 0 Å². The second-order valence-corrected chi connectivity index (χ2v) is 5.55. The summed E-state index contributed by atoms with van der Waals surface area (Å²) in [5.41, 5.74) is 3.62. The molecule has 1 aromatic heterocycles. The van der Waals surface area contributed by atoms with Gasteiger partial charge in [-0.05, 0) is 32.1 Å². The molecule has 2 rings (SSSR count). The monoisotopic (exact) mass is 268 g/mol. The lowest BCUT2D eigenvalue weighted by molar-refractivity contribution is 0.406. The van der Waals surface area contributed by atoms with Gasteiger partial charge >= 0.3 is 0 Å². The summed E-state index contributed by atoms with van der Waals surface area (Å²) in [6, 6.07) is 0. The predicted molar refractivity (Wildman–Crippen MR) is 74.4 cm³/mol. The molecule has 0 bridgehead atoms. The molecule has 18 heavy (non-hydrogen) atoms. The largest absolute Gasteiger partial charge is 0.496 e. The smallest absolute Gasteiger partial charge is 0.128 e. The molecule has 1 N–H and O–H groups in total. The highest BCUT2D eigenvalue weighted by molar-refractivity contribution is 6.18. The van der Waals surface area contributed by atoms with Crippen LogP contribution in [0, 0.1) is 19.3 Å². The first-order valence-electron chi connectivity index (χ1n) is 6.37. The summed E-state index contributed by atoms with van der Waals surface area (Å²) in [6.07, 6.45) is 4.36. The maximum absolute atomic E-state index is 5.96. The highest BCUT2D eigenvalue weighted by atomic mass is 35.5. The third-order valence-electron chi connectivity index (χ3n) is 3.78. The fourth-order valence-corrected chi connectivity index (χ4v) is 2.59. The van der Waals surface area contributed by atoms with Gasteiger partial charge in [-0.25, -0.2) is 0 Å². The van der Waals surface area contributed by atoms with Crippen LogP contribution >= 0.6 is 11.6 Å². The fraction of sp³-hybridized carbons (Fsp3) is 0.643. The van der Waals surface area contributed by atoms with E-state index in [0.717, 1.165) is 41.5 Å². The molecular formula is C14H21ClN2O. The molecule has 3 nitrogen and oxygen atoms in total. The third-order valence-corrected chi connectivity index (χ3v) is 4.35. The Balaban J connectivity index is 1.97. The molecule has 0 saturated heterocycles. The molecule has 0 spiro atoms. The van der Waals surface area contributed by atoms with Crippen molar-refractivity contribution in [2.45, 2.75) is 33.2 Å². The Morgan fingerprint density at radius 1 is 1.44 bits per heavy atom. The van der Waals surface area contributed by atoms with E-state index in [4.69, 9.17) is 16.3 Å². The fourth-order valence-electron chi connectivity index (χ4n) is 2.23. The van der Waals surface area contributed by atoms with E-state index in [0.29, 0.717) is 5.41 Å². The number of ether oxygens (including phenoxy) is 1. The molecular weight excluding hydrogens is 248 g/mol. The van der Waals surface area contributed by atoms with E-state index >= 15 is 0 Å². The summed E-state index contributed by atoms with van der Waals surface area (Å²) in [5.74, 6) is 1.70. The standard InChI is InChI=1S/C14H21ClN2O/c1-10-6-17-12(11(2)13(10)18-3)7-16-9-14(8-15)4-5-14/h6,16H,4-5,7-9H2,1-3H3. The lowest BCUT2D eigenvalue weighted by Crippen LogP contribution is -2.25. The minimum Gasteiger partial charge on any atom is -0.496 e. The molecule has 0 unspecified atom stereocenters. The lowest BCUT2D eigenvalue weighted by atomic mass is 10.1. The van der Waals surface area contributed by atoms with Crippen LogP contribution < -0.4 is 10.1 Å². The Hall–Kier alpha value is -0.800. The maximum Gasteiger partial charge on any atom is 0.128 e. The Labute approximate surface area is 114 Å². The van der Waals surface area contributed by atoms with Gasteiger partial charge in [0, 0.05) is 36.3 Å². The van der Waals surface area contributed by atoms with E-state index in [1.165, 1.54) is 12.8 Å². The molecule has 0 atom stereocenters. The van der Waals surface area contributed by atoms with Crippen molar-refractivity contribution in [1.82, 2.24) is 10.3 Å². The molecule has 1 heterocycles. The molecule has 0 radical (unpaired) electrons. The number of alkyl halides is 1. The topological polar surface area (TPSA) is 34.1 Å². The van der Waals surface area contributed by atoms with Crippen molar-refractivity contribution in [1.29, 1.82) is 0 Å². The number of nitrogens with one attached hydrogen (secondary N) is 1. The van der Waals surface area contributed by atoms with Gasteiger partial charge in [-0.1, -0.05) is 0 Å². The first kappa shape index (κ1) is 13.6. The highest BCUT2D eigenvalue weighted by Crippen LogP contribution is 2.45. The number of rotatable bonds is 6. The Morgan fingerprint density at radius 3 is 2.72 bits per heavy atom. The quantitative estimate of drug-likeness (QED) is 0.806. The number of hydrogen-bond acceptors (Lipinski definition) is 3. The number of pyridine rings is 1. The number of aryl methyl sites for hydroxylation is 1. The molecule has 0 aliphatic heterocycles. The maximum atomic E-state index is 5.96. The number of nitrogens with zero attached hydrogens (tertiary/aromatic N) is 1. The van der Waals surface area contributed by atoms with Gasteiger partial charge < -0.3 is 10.1 Å². The summed E-state index contributed by atoms with van der Waals surface area (Å²) < 4.78 is 5.41. The minimum absolute atomic E-state index is 0.351. The van der Waals surface area contributed by atoms with Gasteiger partial charge in [0.2, 0.25) is 0 Å². The molecule has 1 aliphatic carbocycles. The average Bonchev–Trinajstić information content (AvgIpc) is 3.13. The summed E-state index contributed by atoms with van der Waals surface area (Å²) in [4.78, 5) is 4.48. The van der Waals surface area contributed by atoms with Crippen LogP contribution in [0.5, 0.6) is 5.75 Å². The van der Waals surface area contributed by atoms with Crippen molar-refractivity contribution in [2.75, 3.05) is 19.5 Å². The van der Waals surface area contributed by atoms with Crippen LogP contribution in [-0.4, -0.2) is 24.5 Å². The van der Waals surface area contributed by atoms with E-state index in [2.05, 4.69) is 17.2 Å². The number of aromatic nitrogens is 1. The van der Waals surface area contributed by atoms with Crippen LogP contribution in [0.1, 0.15) is 29.7 Å². The van der Waals surface area contributed by atoms with Gasteiger partial charge in [0.15, 0.2) is 0 Å². The van der Waals surface area contributed by atoms with Crippen LogP contribution in [0.2, 0.25) is 0 Å². The zero-order chi connectivity index (χ0) is 13.2. The first-order chi connectivity index (χ1) is 8.62. The van der Waals surface area contributed by atoms with E-state index in [1.54, 1.807) is 7.11 Å². The van der Waals surface area contributed by atoms with Crippen LogP contribution in [0.3, 0.4) is 0 Å². The van der Waals surface area contributed by atoms with Gasteiger partial charge in [-0.3, -0.25) is 4.98 Å². The summed E-state index contributed by atoms with van der Waals surface area (Å²) in [6.45, 7) is 5.84. The van der Waals surface area contributed by atoms with Crippen molar-refractivity contribution in [3.05, 3.63) is 23.0 Å². The van der Waals surface area contributed by atoms with Crippen molar-refractivity contribution >= 4 is 11.6 Å². The van der Waals surface area contributed by atoms with Crippen LogP contribution in [-0.2, 0) is 6.54 Å². The lowest BCUT2D eigenvalue weighted by Gasteiger charge is -2.15. The van der Waals surface area contributed by atoms with Gasteiger partial charge in [-0.2, -0.15) is 0 Å². The van der Waals surface area contributed by atoms with E-state index < -0.39 is 0 Å². The molecule has 1 aliphatic rings. The van der Waals surface area contributed by atoms with E-state index in [9.17, 15) is 0 Å². The zero-order valence-electron chi connectivity index (χ0n) is 11.3. The second kappa shape index (κ2) is 5.45. The number of halogens is 1. The predicted octanol–water partition coefficient (Wildman–Crippen LogP) is 2.82. The van der Waals surface area contributed by atoms with Gasteiger partial charge in [0.1, 0.15) is 5.75 Å². The van der Waals surface area contributed by atoms with E-state index in [1.807, 2.05) is 13.1 Å². The summed E-state index contributed by atoms with van der Waals surface area (Å²) in [5, 5.41) is 3.46. The van der Waals surface area contributed by atoms with Crippen molar-refractivity contribution in [3.8, 4) is 5.75 Å². The van der Waals surface area contributed by atoms with Crippen LogP contribution in [0.25, 0.3) is 0 Å².